The van der Waals surface area contributed by atoms with E-state index in [0.717, 1.165) is 27.5 Å². The third-order valence-electron chi connectivity index (χ3n) is 3.09. The zero-order valence-corrected chi connectivity index (χ0v) is 12.1. The second-order valence-electron chi connectivity index (χ2n) is 4.15. The lowest BCUT2D eigenvalue weighted by molar-refractivity contribution is 0.667. The first-order valence-corrected chi connectivity index (χ1v) is 7.02. The van der Waals surface area contributed by atoms with Crippen LogP contribution in [0.5, 0.6) is 0 Å². The number of benzene rings is 2. The predicted molar refractivity (Wildman–Crippen MR) is 83.1 cm³/mol. The second kappa shape index (κ2) is 5.09. The van der Waals surface area contributed by atoms with Gasteiger partial charge in [0.05, 0.1) is 5.88 Å². The van der Waals surface area contributed by atoms with Gasteiger partial charge in [-0.2, -0.15) is 0 Å². The highest BCUT2D eigenvalue weighted by molar-refractivity contribution is 6.59. The molecule has 0 saturated heterocycles. The van der Waals surface area contributed by atoms with Crippen molar-refractivity contribution in [2.45, 2.75) is 0 Å². The van der Waals surface area contributed by atoms with Crippen molar-refractivity contribution in [2.75, 3.05) is 5.88 Å². The zero-order valence-electron chi connectivity index (χ0n) is 9.79. The van der Waals surface area contributed by atoms with E-state index in [1.54, 1.807) is 0 Å². The van der Waals surface area contributed by atoms with Gasteiger partial charge >= 0.3 is 0 Å². The average molecular weight is 312 g/mol. The summed E-state index contributed by atoms with van der Waals surface area (Å²) in [5.41, 5.74) is 3.11. The monoisotopic (exact) mass is 310 g/mol. The number of hydrogen-bond donors (Lipinski definition) is 0. The van der Waals surface area contributed by atoms with Crippen LogP contribution in [-0.4, -0.2) is 5.88 Å². The van der Waals surface area contributed by atoms with Crippen LogP contribution >= 0.6 is 34.8 Å². The van der Waals surface area contributed by atoms with E-state index in [1.807, 2.05) is 42.5 Å². The largest absolute Gasteiger partial charge is 0.455 e. The maximum Gasteiger partial charge on any atom is 0.143 e. The van der Waals surface area contributed by atoms with Crippen LogP contribution in [0.4, 0.5) is 0 Å². The molecule has 0 aliphatic heterocycles. The minimum absolute atomic E-state index is 0.169. The van der Waals surface area contributed by atoms with Crippen molar-refractivity contribution < 1.29 is 4.42 Å². The fraction of sp³-hybridized carbons (Fsp3) is 0.0667. The van der Waals surface area contributed by atoms with Crippen LogP contribution in [0, 0.1) is 0 Å². The molecule has 0 saturated carbocycles. The van der Waals surface area contributed by atoms with Gasteiger partial charge in [-0.1, -0.05) is 59.6 Å². The summed E-state index contributed by atoms with van der Waals surface area (Å²) in [4.78, 5) is 0. The Hall–Kier alpha value is -1.15. The van der Waals surface area contributed by atoms with Gasteiger partial charge in [0, 0.05) is 21.9 Å². The molecule has 0 amide bonds. The molecule has 1 nitrogen and oxygen atoms in total. The second-order valence-corrected chi connectivity index (χ2v) is 5.37. The number of allylic oxidation sites excluding steroid dienone is 1. The minimum Gasteiger partial charge on any atom is -0.455 e. The summed E-state index contributed by atoms with van der Waals surface area (Å²) < 4.78 is 6.08. The molecule has 3 rings (SSSR count). The molecule has 0 unspecified atom stereocenters. The predicted octanol–water partition coefficient (Wildman–Crippen LogP) is 5.97. The van der Waals surface area contributed by atoms with Crippen molar-refractivity contribution in [3.05, 3.63) is 52.5 Å². The van der Waals surface area contributed by atoms with Crippen LogP contribution in [0.15, 0.2) is 51.4 Å². The van der Waals surface area contributed by atoms with E-state index in [1.165, 1.54) is 0 Å². The fourth-order valence-corrected chi connectivity index (χ4v) is 2.96. The molecule has 0 radical (unpaired) electrons. The molecule has 0 bridgehead atoms. The third kappa shape index (κ3) is 2.12. The standard InChI is InChI=1S/C15H9Cl3O/c16-8-12(15(17)18)11-6-3-5-10-9-4-1-2-7-13(9)19-14(10)11/h1-7H,8H2. The van der Waals surface area contributed by atoms with E-state index in [9.17, 15) is 0 Å². The van der Waals surface area contributed by atoms with Crippen molar-refractivity contribution in [3.63, 3.8) is 0 Å². The number of furan rings is 1. The van der Waals surface area contributed by atoms with Gasteiger partial charge in [-0.05, 0) is 6.07 Å². The third-order valence-corrected chi connectivity index (χ3v) is 3.81. The van der Waals surface area contributed by atoms with E-state index in [-0.39, 0.29) is 10.4 Å². The molecule has 0 fully saturated rings. The first kappa shape index (κ1) is 12.9. The lowest BCUT2D eigenvalue weighted by Gasteiger charge is -2.04. The average Bonchev–Trinajstić information content (AvgIpc) is 2.79. The summed E-state index contributed by atoms with van der Waals surface area (Å²) in [5.74, 6) is 0.235. The summed E-state index contributed by atoms with van der Waals surface area (Å²) >= 11 is 17.7. The van der Waals surface area contributed by atoms with Crippen molar-refractivity contribution in [1.29, 1.82) is 0 Å². The normalized spacial score (nSPS) is 11.1. The molecular weight excluding hydrogens is 303 g/mol. The van der Waals surface area contributed by atoms with Crippen LogP contribution in [0.3, 0.4) is 0 Å². The Labute approximate surface area is 125 Å². The summed E-state index contributed by atoms with van der Waals surface area (Å²) in [6.45, 7) is 0. The van der Waals surface area contributed by atoms with Crippen LogP contribution in [-0.2, 0) is 0 Å². The van der Waals surface area contributed by atoms with Crippen LogP contribution < -0.4 is 0 Å². The Morgan fingerprint density at radius 2 is 1.68 bits per heavy atom. The summed E-state index contributed by atoms with van der Waals surface area (Å²) in [6, 6.07) is 13.8. The Bertz CT molecular complexity index is 782. The lowest BCUT2D eigenvalue weighted by Crippen LogP contribution is -1.87. The SMILES string of the molecule is ClCC(=C(Cl)Cl)c1cccc2c1oc1ccccc12. The van der Waals surface area contributed by atoms with E-state index < -0.39 is 0 Å². The Morgan fingerprint density at radius 3 is 2.42 bits per heavy atom. The zero-order chi connectivity index (χ0) is 13.4. The van der Waals surface area contributed by atoms with E-state index in [0.29, 0.717) is 5.57 Å². The topological polar surface area (TPSA) is 13.1 Å². The summed E-state index contributed by atoms with van der Waals surface area (Å²) in [6.07, 6.45) is 0. The first-order chi connectivity index (χ1) is 9.22. The molecule has 2 aromatic carbocycles. The maximum absolute atomic E-state index is 5.93. The molecule has 1 heterocycles. The number of halogens is 3. The molecule has 0 aliphatic rings. The Morgan fingerprint density at radius 1 is 0.947 bits per heavy atom. The molecule has 19 heavy (non-hydrogen) atoms. The van der Waals surface area contributed by atoms with Crippen molar-refractivity contribution in [2.24, 2.45) is 0 Å². The van der Waals surface area contributed by atoms with E-state index >= 15 is 0 Å². The van der Waals surface area contributed by atoms with Gasteiger partial charge in [-0.25, -0.2) is 0 Å². The van der Waals surface area contributed by atoms with Crippen LogP contribution in [0.2, 0.25) is 0 Å². The number of rotatable bonds is 2. The van der Waals surface area contributed by atoms with Crippen molar-refractivity contribution >= 4 is 62.3 Å². The van der Waals surface area contributed by atoms with Gasteiger partial charge in [0.2, 0.25) is 0 Å². The maximum atomic E-state index is 5.93. The van der Waals surface area contributed by atoms with Gasteiger partial charge in [-0.3, -0.25) is 0 Å². The van der Waals surface area contributed by atoms with Crippen LogP contribution in [0.25, 0.3) is 27.5 Å². The highest BCUT2D eigenvalue weighted by Crippen LogP contribution is 2.36. The summed E-state index contributed by atoms with van der Waals surface area (Å²) in [5, 5.41) is 2.10. The quantitative estimate of drug-likeness (QED) is 0.531. The number of para-hydroxylation sites is 2. The molecule has 3 aromatic rings. The first-order valence-electron chi connectivity index (χ1n) is 5.73. The van der Waals surface area contributed by atoms with Gasteiger partial charge in [0.25, 0.3) is 0 Å². The Kier molecular flexibility index (Phi) is 3.44. The minimum atomic E-state index is 0.169. The fourth-order valence-electron chi connectivity index (χ4n) is 2.21. The molecule has 0 N–H and O–H groups in total. The van der Waals surface area contributed by atoms with Crippen molar-refractivity contribution in [1.82, 2.24) is 0 Å². The molecule has 1 aromatic heterocycles. The molecule has 96 valence electrons. The molecule has 0 atom stereocenters. The molecular formula is C15H9Cl3O. The lowest BCUT2D eigenvalue weighted by atomic mass is 10.0. The number of fused-ring (bicyclic) bond motifs is 3. The highest BCUT2D eigenvalue weighted by Gasteiger charge is 2.14. The van der Waals surface area contributed by atoms with Gasteiger partial charge in [-0.15, -0.1) is 11.6 Å². The number of hydrogen-bond acceptors (Lipinski definition) is 1. The molecule has 0 spiro atoms. The van der Waals surface area contributed by atoms with Crippen molar-refractivity contribution in [3.8, 4) is 0 Å². The molecule has 0 aliphatic carbocycles. The summed E-state index contributed by atoms with van der Waals surface area (Å²) in [7, 11) is 0. The van der Waals surface area contributed by atoms with E-state index in [4.69, 9.17) is 39.2 Å². The highest BCUT2D eigenvalue weighted by atomic mass is 35.5. The van der Waals surface area contributed by atoms with Gasteiger partial charge < -0.3 is 4.42 Å². The van der Waals surface area contributed by atoms with E-state index in [2.05, 4.69) is 0 Å². The Balaban J connectivity index is 2.42. The number of alkyl halides is 1. The smallest absolute Gasteiger partial charge is 0.143 e. The van der Waals surface area contributed by atoms with Gasteiger partial charge in [0.1, 0.15) is 15.7 Å². The van der Waals surface area contributed by atoms with Gasteiger partial charge in [0.15, 0.2) is 0 Å². The molecule has 4 heteroatoms. The van der Waals surface area contributed by atoms with Crippen LogP contribution in [0.1, 0.15) is 5.56 Å².